The van der Waals surface area contributed by atoms with E-state index in [-0.39, 0.29) is 12.1 Å². The summed E-state index contributed by atoms with van der Waals surface area (Å²) in [6, 6.07) is -0.332. The Morgan fingerprint density at radius 1 is 1.10 bits per heavy atom. The average Bonchev–Trinajstić information content (AvgIpc) is 2.58. The molecule has 0 aromatic rings. The summed E-state index contributed by atoms with van der Waals surface area (Å²) in [6.07, 6.45) is 8.14. The zero-order valence-electron chi connectivity index (χ0n) is 12.3. The Morgan fingerprint density at radius 3 is 2.40 bits per heavy atom. The number of hydrogen-bond donors (Lipinski definition) is 2. The number of hydrogen-bond acceptors (Lipinski definition) is 2. The third-order valence-corrected chi connectivity index (χ3v) is 4.75. The van der Waals surface area contributed by atoms with E-state index < -0.39 is 11.9 Å². The van der Waals surface area contributed by atoms with Gasteiger partial charge in [0.25, 0.3) is 0 Å². The van der Waals surface area contributed by atoms with E-state index in [2.05, 4.69) is 5.32 Å². The van der Waals surface area contributed by atoms with E-state index in [0.29, 0.717) is 12.3 Å². The molecule has 20 heavy (non-hydrogen) atoms. The third kappa shape index (κ3) is 3.87. The number of urea groups is 1. The summed E-state index contributed by atoms with van der Waals surface area (Å²) < 4.78 is 0. The number of nitrogens with zero attached hydrogens (tertiary/aromatic N) is 1. The largest absolute Gasteiger partial charge is 0.481 e. The lowest BCUT2D eigenvalue weighted by molar-refractivity contribution is -0.142. The first-order chi connectivity index (χ1) is 9.58. The van der Waals surface area contributed by atoms with Crippen LogP contribution < -0.4 is 5.32 Å². The van der Waals surface area contributed by atoms with E-state index in [1.807, 2.05) is 0 Å². The van der Waals surface area contributed by atoms with Crippen LogP contribution in [0.4, 0.5) is 4.79 Å². The molecule has 0 saturated heterocycles. The molecule has 2 fully saturated rings. The van der Waals surface area contributed by atoms with E-state index in [0.717, 1.165) is 32.2 Å². The van der Waals surface area contributed by atoms with Crippen molar-refractivity contribution in [3.05, 3.63) is 0 Å². The molecule has 0 radical (unpaired) electrons. The minimum Gasteiger partial charge on any atom is -0.481 e. The molecule has 2 unspecified atom stereocenters. The summed E-state index contributed by atoms with van der Waals surface area (Å²) in [6.45, 7) is 0.788. The maximum atomic E-state index is 12.2. The lowest BCUT2D eigenvalue weighted by Gasteiger charge is -2.32. The summed E-state index contributed by atoms with van der Waals surface area (Å²) in [7, 11) is 1.81. The summed E-state index contributed by atoms with van der Waals surface area (Å²) in [4.78, 5) is 25.2. The van der Waals surface area contributed by atoms with Gasteiger partial charge in [-0.1, -0.05) is 25.7 Å². The number of carbonyl (C=O) groups excluding carboxylic acids is 1. The van der Waals surface area contributed by atoms with Gasteiger partial charge >= 0.3 is 12.0 Å². The van der Waals surface area contributed by atoms with Crippen LogP contribution in [0.3, 0.4) is 0 Å². The zero-order valence-corrected chi connectivity index (χ0v) is 12.3. The van der Waals surface area contributed by atoms with Gasteiger partial charge in [-0.3, -0.25) is 4.79 Å². The van der Waals surface area contributed by atoms with Crippen LogP contribution in [0.2, 0.25) is 0 Å². The molecule has 0 aromatic carbocycles. The molecule has 2 saturated carbocycles. The van der Waals surface area contributed by atoms with Gasteiger partial charge in [0, 0.05) is 19.6 Å². The van der Waals surface area contributed by atoms with E-state index in [1.54, 1.807) is 11.9 Å². The van der Waals surface area contributed by atoms with Crippen molar-refractivity contribution in [3.8, 4) is 0 Å². The quantitative estimate of drug-likeness (QED) is 0.778. The van der Waals surface area contributed by atoms with Crippen molar-refractivity contribution in [2.75, 3.05) is 13.6 Å². The fraction of sp³-hybridized carbons (Fsp3) is 0.867. The highest BCUT2D eigenvalue weighted by Gasteiger charge is 2.31. The molecule has 2 N–H and O–H groups in total. The van der Waals surface area contributed by atoms with Gasteiger partial charge in [0.1, 0.15) is 0 Å². The van der Waals surface area contributed by atoms with Crippen LogP contribution in [-0.4, -0.2) is 41.6 Å². The van der Waals surface area contributed by atoms with Crippen LogP contribution in [0.1, 0.15) is 51.4 Å². The number of amides is 2. The van der Waals surface area contributed by atoms with Gasteiger partial charge in [0.2, 0.25) is 0 Å². The molecule has 2 atom stereocenters. The fourth-order valence-corrected chi connectivity index (χ4v) is 3.19. The highest BCUT2D eigenvalue weighted by Crippen LogP contribution is 2.27. The van der Waals surface area contributed by atoms with Gasteiger partial charge in [-0.25, -0.2) is 4.79 Å². The number of carbonyl (C=O) groups is 2. The van der Waals surface area contributed by atoms with Crippen molar-refractivity contribution in [1.82, 2.24) is 10.2 Å². The molecule has 0 aromatic heterocycles. The Bertz CT molecular complexity index is 355. The lowest BCUT2D eigenvalue weighted by atomic mass is 9.85. The van der Waals surface area contributed by atoms with Crippen molar-refractivity contribution in [2.24, 2.45) is 11.8 Å². The number of carboxylic acid groups (broad SMARTS) is 1. The Hall–Kier alpha value is -1.26. The molecule has 0 bridgehead atoms. The molecule has 2 aliphatic rings. The van der Waals surface area contributed by atoms with Crippen LogP contribution in [-0.2, 0) is 4.79 Å². The Kier molecular flexibility index (Phi) is 5.26. The van der Waals surface area contributed by atoms with Gasteiger partial charge in [0.15, 0.2) is 0 Å². The summed E-state index contributed by atoms with van der Waals surface area (Å²) >= 11 is 0. The highest BCUT2D eigenvalue weighted by molar-refractivity contribution is 5.76. The van der Waals surface area contributed by atoms with Gasteiger partial charge in [0.05, 0.1) is 5.92 Å². The van der Waals surface area contributed by atoms with E-state index in [9.17, 15) is 14.7 Å². The van der Waals surface area contributed by atoms with E-state index in [1.165, 1.54) is 19.3 Å². The maximum Gasteiger partial charge on any atom is 0.317 e. The Morgan fingerprint density at radius 2 is 1.80 bits per heavy atom. The molecule has 2 rings (SSSR count). The Balaban J connectivity index is 1.87. The highest BCUT2D eigenvalue weighted by atomic mass is 16.4. The lowest BCUT2D eigenvalue weighted by Crippen LogP contribution is -2.49. The molecule has 2 aliphatic carbocycles. The van der Waals surface area contributed by atoms with Crippen LogP contribution >= 0.6 is 0 Å². The predicted octanol–water partition coefficient (Wildman–Crippen LogP) is 2.46. The van der Waals surface area contributed by atoms with Crippen molar-refractivity contribution in [1.29, 1.82) is 0 Å². The minimum absolute atomic E-state index is 0.116. The average molecular weight is 282 g/mol. The predicted molar refractivity (Wildman–Crippen MR) is 76.5 cm³/mol. The topological polar surface area (TPSA) is 69.6 Å². The van der Waals surface area contributed by atoms with Crippen molar-refractivity contribution in [3.63, 3.8) is 0 Å². The standard InChI is InChI=1S/C15H26N2O3/c1-17(10-11-6-5-7-11)15(20)16-13-9-4-2-3-8-12(13)14(18)19/h11-13H,2-10H2,1H3,(H,16,20)(H,18,19). The smallest absolute Gasteiger partial charge is 0.317 e. The maximum absolute atomic E-state index is 12.2. The number of nitrogens with one attached hydrogen (secondary N) is 1. The summed E-state index contributed by atoms with van der Waals surface area (Å²) in [5, 5.41) is 12.3. The fourth-order valence-electron chi connectivity index (χ4n) is 3.19. The monoisotopic (exact) mass is 282 g/mol. The Labute approximate surface area is 120 Å². The molecule has 0 spiro atoms. The second-order valence-electron chi connectivity index (χ2n) is 6.32. The molecule has 2 amide bonds. The molecule has 0 heterocycles. The van der Waals surface area contributed by atoms with Crippen LogP contribution in [0.25, 0.3) is 0 Å². The van der Waals surface area contributed by atoms with E-state index in [4.69, 9.17) is 0 Å². The zero-order chi connectivity index (χ0) is 14.5. The third-order valence-electron chi connectivity index (χ3n) is 4.75. The van der Waals surface area contributed by atoms with Crippen molar-refractivity contribution < 1.29 is 14.7 Å². The normalized spacial score (nSPS) is 27.2. The SMILES string of the molecule is CN(CC1CCC1)C(=O)NC1CCCCCC1C(=O)O. The number of rotatable bonds is 4. The number of carboxylic acids is 1. The second kappa shape index (κ2) is 6.95. The molecular formula is C15H26N2O3. The van der Waals surface area contributed by atoms with E-state index >= 15 is 0 Å². The summed E-state index contributed by atoms with van der Waals surface area (Å²) in [5.74, 6) is -0.576. The first-order valence-electron chi connectivity index (χ1n) is 7.82. The second-order valence-corrected chi connectivity index (χ2v) is 6.32. The van der Waals surface area contributed by atoms with Crippen molar-refractivity contribution in [2.45, 2.75) is 57.4 Å². The van der Waals surface area contributed by atoms with Crippen LogP contribution in [0.15, 0.2) is 0 Å². The first-order valence-corrected chi connectivity index (χ1v) is 7.82. The van der Waals surface area contributed by atoms with Crippen LogP contribution in [0, 0.1) is 11.8 Å². The van der Waals surface area contributed by atoms with Gasteiger partial charge in [-0.05, 0) is 31.6 Å². The van der Waals surface area contributed by atoms with Gasteiger partial charge < -0.3 is 15.3 Å². The number of aliphatic carboxylic acids is 1. The molecule has 5 heteroatoms. The molecular weight excluding hydrogens is 256 g/mol. The van der Waals surface area contributed by atoms with Gasteiger partial charge in [-0.15, -0.1) is 0 Å². The van der Waals surface area contributed by atoms with Crippen LogP contribution in [0.5, 0.6) is 0 Å². The molecule has 114 valence electrons. The van der Waals surface area contributed by atoms with Crippen molar-refractivity contribution >= 4 is 12.0 Å². The first kappa shape index (κ1) is 15.1. The minimum atomic E-state index is -0.779. The molecule has 5 nitrogen and oxygen atoms in total. The summed E-state index contributed by atoms with van der Waals surface area (Å²) in [5.41, 5.74) is 0. The van der Waals surface area contributed by atoms with Gasteiger partial charge in [-0.2, -0.15) is 0 Å². The molecule has 0 aliphatic heterocycles.